The van der Waals surface area contributed by atoms with Crippen LogP contribution in [0.25, 0.3) is 0 Å². The van der Waals surface area contributed by atoms with Crippen molar-refractivity contribution in [1.29, 1.82) is 0 Å². The summed E-state index contributed by atoms with van der Waals surface area (Å²) in [5.74, 6) is 0. The third-order valence-corrected chi connectivity index (χ3v) is 3.76. The van der Waals surface area contributed by atoms with E-state index in [2.05, 4.69) is 22.5 Å². The van der Waals surface area contributed by atoms with Crippen molar-refractivity contribution in [1.82, 2.24) is 15.5 Å². The van der Waals surface area contributed by atoms with Crippen molar-refractivity contribution in [3.63, 3.8) is 0 Å². The van der Waals surface area contributed by atoms with Crippen LogP contribution in [0.4, 0.5) is 4.79 Å². The molecule has 1 saturated heterocycles. The van der Waals surface area contributed by atoms with Crippen LogP contribution in [0.2, 0.25) is 0 Å². The van der Waals surface area contributed by atoms with Gasteiger partial charge in [0.2, 0.25) is 0 Å². The van der Waals surface area contributed by atoms with Gasteiger partial charge in [0, 0.05) is 25.7 Å². The quantitative estimate of drug-likeness (QED) is 0.866. The van der Waals surface area contributed by atoms with Crippen molar-refractivity contribution in [2.24, 2.45) is 0 Å². The molecular weight excluding hydrogens is 250 g/mol. The Kier molecular flexibility index (Phi) is 5.87. The minimum absolute atomic E-state index is 0.0530. The highest BCUT2D eigenvalue weighted by atomic mass is 16.2. The van der Waals surface area contributed by atoms with Gasteiger partial charge in [-0.3, -0.25) is 0 Å². The van der Waals surface area contributed by atoms with E-state index in [-0.39, 0.29) is 6.03 Å². The number of amides is 2. The van der Waals surface area contributed by atoms with Crippen LogP contribution >= 0.6 is 0 Å². The molecule has 0 unspecified atom stereocenters. The van der Waals surface area contributed by atoms with E-state index in [4.69, 9.17) is 0 Å². The van der Waals surface area contributed by atoms with Gasteiger partial charge in [0.15, 0.2) is 0 Å². The van der Waals surface area contributed by atoms with Crippen LogP contribution in [0.3, 0.4) is 0 Å². The molecule has 110 valence electrons. The highest BCUT2D eigenvalue weighted by Crippen LogP contribution is 2.10. The molecule has 2 amide bonds. The first kappa shape index (κ1) is 14.9. The molecule has 0 spiro atoms. The van der Waals surface area contributed by atoms with E-state index in [1.165, 1.54) is 13.0 Å². The number of nitrogens with zero attached hydrogens (tertiary/aromatic N) is 1. The minimum Gasteiger partial charge on any atom is -0.335 e. The van der Waals surface area contributed by atoms with E-state index in [1.807, 2.05) is 30.3 Å². The van der Waals surface area contributed by atoms with Gasteiger partial charge in [0.25, 0.3) is 0 Å². The molecule has 0 bridgehead atoms. The fourth-order valence-corrected chi connectivity index (χ4v) is 2.63. The first-order valence-electron chi connectivity index (χ1n) is 7.58. The standard InChI is InChI=1S/C16H25N3O/c1-2-10-19-11-8-15(9-12-19)18-16(20)17-13-14-6-4-3-5-7-14/h3-7,15H,2,8-13H2,1H3,(H2,17,18,20). The minimum atomic E-state index is -0.0530. The summed E-state index contributed by atoms with van der Waals surface area (Å²) in [5, 5.41) is 5.99. The summed E-state index contributed by atoms with van der Waals surface area (Å²) in [6.45, 7) is 6.16. The zero-order valence-electron chi connectivity index (χ0n) is 12.3. The second kappa shape index (κ2) is 7.90. The molecule has 1 aromatic rings. The largest absolute Gasteiger partial charge is 0.335 e. The molecule has 4 nitrogen and oxygen atoms in total. The predicted octanol–water partition coefficient (Wildman–Crippen LogP) is 2.36. The third kappa shape index (κ3) is 4.85. The van der Waals surface area contributed by atoms with Crippen LogP contribution < -0.4 is 10.6 Å². The zero-order valence-corrected chi connectivity index (χ0v) is 12.3. The molecule has 0 aromatic heterocycles. The van der Waals surface area contributed by atoms with Crippen molar-refractivity contribution in [2.75, 3.05) is 19.6 Å². The fraction of sp³-hybridized carbons (Fsp3) is 0.562. The van der Waals surface area contributed by atoms with E-state index in [1.54, 1.807) is 0 Å². The lowest BCUT2D eigenvalue weighted by Gasteiger charge is -2.32. The molecule has 0 aliphatic carbocycles. The smallest absolute Gasteiger partial charge is 0.315 e. The van der Waals surface area contributed by atoms with Crippen LogP contribution in [0, 0.1) is 0 Å². The summed E-state index contributed by atoms with van der Waals surface area (Å²) >= 11 is 0. The number of hydrogen-bond acceptors (Lipinski definition) is 2. The third-order valence-electron chi connectivity index (χ3n) is 3.76. The Hall–Kier alpha value is -1.55. The van der Waals surface area contributed by atoms with Gasteiger partial charge in [-0.25, -0.2) is 4.79 Å². The lowest BCUT2D eigenvalue weighted by atomic mass is 10.1. The molecule has 0 atom stereocenters. The maximum atomic E-state index is 11.9. The van der Waals surface area contributed by atoms with Crippen molar-refractivity contribution in [3.8, 4) is 0 Å². The van der Waals surface area contributed by atoms with E-state index in [0.717, 1.165) is 31.5 Å². The first-order chi connectivity index (χ1) is 9.78. The number of piperidine rings is 1. The highest BCUT2D eigenvalue weighted by Gasteiger charge is 2.19. The van der Waals surface area contributed by atoms with E-state index < -0.39 is 0 Å². The second-order valence-electron chi connectivity index (χ2n) is 5.43. The molecule has 1 fully saturated rings. The number of benzene rings is 1. The molecule has 2 rings (SSSR count). The maximum Gasteiger partial charge on any atom is 0.315 e. The lowest BCUT2D eigenvalue weighted by Crippen LogP contribution is -2.47. The molecule has 1 aromatic carbocycles. The molecule has 1 heterocycles. The zero-order chi connectivity index (χ0) is 14.2. The van der Waals surface area contributed by atoms with Gasteiger partial charge in [-0.2, -0.15) is 0 Å². The summed E-state index contributed by atoms with van der Waals surface area (Å²) in [4.78, 5) is 14.3. The normalized spacial score (nSPS) is 16.9. The summed E-state index contributed by atoms with van der Waals surface area (Å²) in [6, 6.07) is 10.2. The molecular formula is C16H25N3O. The number of nitrogens with one attached hydrogen (secondary N) is 2. The number of hydrogen-bond donors (Lipinski definition) is 2. The Morgan fingerprint density at radius 3 is 2.60 bits per heavy atom. The number of urea groups is 1. The molecule has 1 aliphatic rings. The molecule has 0 saturated carbocycles. The van der Waals surface area contributed by atoms with Crippen LogP contribution in [0.1, 0.15) is 31.7 Å². The van der Waals surface area contributed by atoms with Crippen LogP contribution in [0.15, 0.2) is 30.3 Å². The molecule has 20 heavy (non-hydrogen) atoms. The Balaban J connectivity index is 1.65. The van der Waals surface area contributed by atoms with Crippen LogP contribution in [-0.2, 0) is 6.54 Å². The SMILES string of the molecule is CCCN1CCC(NC(=O)NCc2ccccc2)CC1. The summed E-state index contributed by atoms with van der Waals surface area (Å²) in [7, 11) is 0. The monoisotopic (exact) mass is 275 g/mol. The Labute approximate surface area is 121 Å². The first-order valence-corrected chi connectivity index (χ1v) is 7.58. The Morgan fingerprint density at radius 1 is 1.25 bits per heavy atom. The van der Waals surface area contributed by atoms with Crippen molar-refractivity contribution >= 4 is 6.03 Å². The summed E-state index contributed by atoms with van der Waals surface area (Å²) in [6.07, 6.45) is 3.31. The second-order valence-corrected chi connectivity index (χ2v) is 5.43. The molecule has 2 N–H and O–H groups in total. The van der Waals surface area contributed by atoms with E-state index in [9.17, 15) is 4.79 Å². The Bertz CT molecular complexity index is 399. The van der Waals surface area contributed by atoms with Gasteiger partial charge in [0.1, 0.15) is 0 Å². The van der Waals surface area contributed by atoms with Gasteiger partial charge in [-0.1, -0.05) is 37.3 Å². The molecule has 1 aliphatic heterocycles. The molecule has 4 heteroatoms. The van der Waals surface area contributed by atoms with E-state index >= 15 is 0 Å². The highest BCUT2D eigenvalue weighted by molar-refractivity contribution is 5.74. The van der Waals surface area contributed by atoms with Crippen LogP contribution in [-0.4, -0.2) is 36.6 Å². The predicted molar refractivity (Wildman–Crippen MR) is 81.6 cm³/mol. The average molecular weight is 275 g/mol. The Morgan fingerprint density at radius 2 is 1.95 bits per heavy atom. The van der Waals surface area contributed by atoms with Gasteiger partial charge >= 0.3 is 6.03 Å². The topological polar surface area (TPSA) is 44.4 Å². The van der Waals surface area contributed by atoms with Gasteiger partial charge in [-0.15, -0.1) is 0 Å². The molecule has 0 radical (unpaired) electrons. The van der Waals surface area contributed by atoms with Crippen molar-refractivity contribution in [2.45, 2.75) is 38.8 Å². The summed E-state index contributed by atoms with van der Waals surface area (Å²) < 4.78 is 0. The fourth-order valence-electron chi connectivity index (χ4n) is 2.63. The van der Waals surface area contributed by atoms with Crippen LogP contribution in [0.5, 0.6) is 0 Å². The van der Waals surface area contributed by atoms with Gasteiger partial charge in [-0.05, 0) is 31.4 Å². The lowest BCUT2D eigenvalue weighted by molar-refractivity contribution is 0.192. The summed E-state index contributed by atoms with van der Waals surface area (Å²) in [5.41, 5.74) is 1.13. The van der Waals surface area contributed by atoms with Gasteiger partial charge in [0.05, 0.1) is 0 Å². The van der Waals surface area contributed by atoms with E-state index in [0.29, 0.717) is 12.6 Å². The average Bonchev–Trinajstić information content (AvgIpc) is 2.49. The number of likely N-dealkylation sites (tertiary alicyclic amines) is 1. The van der Waals surface area contributed by atoms with Crippen molar-refractivity contribution < 1.29 is 4.79 Å². The van der Waals surface area contributed by atoms with Crippen molar-refractivity contribution in [3.05, 3.63) is 35.9 Å². The maximum absolute atomic E-state index is 11.9. The van der Waals surface area contributed by atoms with Gasteiger partial charge < -0.3 is 15.5 Å². The number of carbonyl (C=O) groups excluding carboxylic acids is 1. The number of rotatable bonds is 5. The number of carbonyl (C=O) groups is 1.